The van der Waals surface area contributed by atoms with Crippen molar-refractivity contribution in [1.82, 2.24) is 5.32 Å². The second-order valence-electron chi connectivity index (χ2n) is 4.76. The molecule has 0 saturated carbocycles. The average molecular weight is 235 g/mol. The number of aryl methyl sites for hydroxylation is 1. The Morgan fingerprint density at radius 2 is 2.24 bits per heavy atom. The van der Waals surface area contributed by atoms with Gasteiger partial charge in [-0.2, -0.15) is 0 Å². The first-order valence-corrected chi connectivity index (χ1v) is 6.41. The summed E-state index contributed by atoms with van der Waals surface area (Å²) < 4.78 is 5.79. The molecular formula is C14H21NO2. The standard InChI is InChI=1S/C14H21NO2/c1-11-6-7-13(16)9-14(11)17-10-12-5-3-2-4-8-15-12/h6-7,9,12,15-16H,2-5,8,10H2,1H3. The van der Waals surface area contributed by atoms with Crippen molar-refractivity contribution in [2.24, 2.45) is 0 Å². The molecule has 17 heavy (non-hydrogen) atoms. The van der Waals surface area contributed by atoms with Crippen molar-refractivity contribution in [3.63, 3.8) is 0 Å². The molecule has 1 saturated heterocycles. The summed E-state index contributed by atoms with van der Waals surface area (Å²) in [5.74, 6) is 1.05. The average Bonchev–Trinajstić information content (AvgIpc) is 2.59. The SMILES string of the molecule is Cc1ccc(O)cc1OCC1CCCCCN1. The zero-order chi connectivity index (χ0) is 12.1. The van der Waals surface area contributed by atoms with E-state index >= 15 is 0 Å². The number of hydrogen-bond acceptors (Lipinski definition) is 3. The van der Waals surface area contributed by atoms with Crippen molar-refractivity contribution in [3.8, 4) is 11.5 Å². The largest absolute Gasteiger partial charge is 0.508 e. The summed E-state index contributed by atoms with van der Waals surface area (Å²) in [6, 6.07) is 5.70. The minimum atomic E-state index is 0.263. The van der Waals surface area contributed by atoms with Crippen LogP contribution in [0.1, 0.15) is 31.2 Å². The van der Waals surface area contributed by atoms with Crippen LogP contribution in [0.2, 0.25) is 0 Å². The van der Waals surface area contributed by atoms with E-state index in [2.05, 4.69) is 5.32 Å². The predicted octanol–water partition coefficient (Wildman–Crippen LogP) is 2.61. The van der Waals surface area contributed by atoms with E-state index in [1.807, 2.05) is 13.0 Å². The molecule has 3 heteroatoms. The molecule has 2 N–H and O–H groups in total. The normalized spacial score (nSPS) is 20.9. The monoisotopic (exact) mass is 235 g/mol. The summed E-state index contributed by atoms with van der Waals surface area (Å²) >= 11 is 0. The van der Waals surface area contributed by atoms with Crippen molar-refractivity contribution in [2.45, 2.75) is 38.6 Å². The zero-order valence-electron chi connectivity index (χ0n) is 10.4. The van der Waals surface area contributed by atoms with Gasteiger partial charge in [0, 0.05) is 12.1 Å². The molecule has 1 atom stereocenters. The molecule has 0 bridgehead atoms. The van der Waals surface area contributed by atoms with Gasteiger partial charge >= 0.3 is 0 Å². The summed E-state index contributed by atoms with van der Waals surface area (Å²) in [5, 5.41) is 12.9. The van der Waals surface area contributed by atoms with E-state index in [0.717, 1.165) is 17.9 Å². The highest BCUT2D eigenvalue weighted by molar-refractivity contribution is 5.39. The number of nitrogens with one attached hydrogen (secondary N) is 1. The molecule has 1 aliphatic rings. The fourth-order valence-corrected chi connectivity index (χ4v) is 2.18. The summed E-state index contributed by atoms with van der Waals surface area (Å²) in [7, 11) is 0. The lowest BCUT2D eigenvalue weighted by Gasteiger charge is -2.17. The van der Waals surface area contributed by atoms with Gasteiger partial charge in [0.15, 0.2) is 0 Å². The summed E-state index contributed by atoms with van der Waals surface area (Å²) in [5.41, 5.74) is 1.07. The van der Waals surface area contributed by atoms with Crippen molar-refractivity contribution in [2.75, 3.05) is 13.2 Å². The Morgan fingerprint density at radius 3 is 3.12 bits per heavy atom. The van der Waals surface area contributed by atoms with Gasteiger partial charge in [-0.05, 0) is 37.9 Å². The van der Waals surface area contributed by atoms with Gasteiger partial charge in [0.05, 0.1) is 0 Å². The fourth-order valence-electron chi connectivity index (χ4n) is 2.18. The molecule has 0 spiro atoms. The molecule has 0 radical (unpaired) electrons. The Morgan fingerprint density at radius 1 is 1.35 bits per heavy atom. The second kappa shape index (κ2) is 5.92. The Kier molecular flexibility index (Phi) is 4.26. The van der Waals surface area contributed by atoms with Crippen LogP contribution in [0.15, 0.2) is 18.2 Å². The van der Waals surface area contributed by atoms with E-state index in [0.29, 0.717) is 12.6 Å². The quantitative estimate of drug-likeness (QED) is 0.846. The predicted molar refractivity (Wildman–Crippen MR) is 68.6 cm³/mol. The van der Waals surface area contributed by atoms with Gasteiger partial charge in [-0.3, -0.25) is 0 Å². The number of phenols is 1. The molecule has 1 unspecified atom stereocenters. The van der Waals surface area contributed by atoms with Gasteiger partial charge in [0.25, 0.3) is 0 Å². The highest BCUT2D eigenvalue weighted by Gasteiger charge is 2.12. The maximum absolute atomic E-state index is 9.42. The van der Waals surface area contributed by atoms with E-state index in [9.17, 15) is 5.11 Å². The highest BCUT2D eigenvalue weighted by atomic mass is 16.5. The van der Waals surface area contributed by atoms with E-state index in [-0.39, 0.29) is 5.75 Å². The first-order chi connectivity index (χ1) is 8.25. The molecule has 0 aromatic heterocycles. The summed E-state index contributed by atoms with van der Waals surface area (Å²) in [6.07, 6.45) is 5.04. The highest BCUT2D eigenvalue weighted by Crippen LogP contribution is 2.23. The zero-order valence-corrected chi connectivity index (χ0v) is 10.4. The maximum atomic E-state index is 9.42. The van der Waals surface area contributed by atoms with E-state index in [1.54, 1.807) is 12.1 Å². The van der Waals surface area contributed by atoms with Crippen LogP contribution in [0.5, 0.6) is 11.5 Å². The molecule has 0 amide bonds. The Balaban J connectivity index is 1.89. The lowest BCUT2D eigenvalue weighted by atomic mass is 10.1. The first kappa shape index (κ1) is 12.2. The summed E-state index contributed by atoms with van der Waals surface area (Å²) in [6.45, 7) is 3.77. The van der Waals surface area contributed by atoms with Crippen LogP contribution in [-0.2, 0) is 0 Å². The fraction of sp³-hybridized carbons (Fsp3) is 0.571. The van der Waals surface area contributed by atoms with Crippen LogP contribution in [0.25, 0.3) is 0 Å². The lowest BCUT2D eigenvalue weighted by molar-refractivity contribution is 0.259. The number of hydrogen-bond donors (Lipinski definition) is 2. The van der Waals surface area contributed by atoms with Gasteiger partial charge in [0.2, 0.25) is 0 Å². The van der Waals surface area contributed by atoms with Gasteiger partial charge in [-0.15, -0.1) is 0 Å². The number of aromatic hydroxyl groups is 1. The number of rotatable bonds is 3. The van der Waals surface area contributed by atoms with Crippen LogP contribution in [0, 0.1) is 6.92 Å². The molecule has 1 aromatic rings. The number of benzene rings is 1. The van der Waals surface area contributed by atoms with Crippen LogP contribution in [-0.4, -0.2) is 24.3 Å². The molecule has 1 aliphatic heterocycles. The topological polar surface area (TPSA) is 41.5 Å². The van der Waals surface area contributed by atoms with Crippen molar-refractivity contribution < 1.29 is 9.84 Å². The maximum Gasteiger partial charge on any atom is 0.125 e. The lowest BCUT2D eigenvalue weighted by Crippen LogP contribution is -2.33. The van der Waals surface area contributed by atoms with Gasteiger partial charge in [0.1, 0.15) is 18.1 Å². The Labute approximate surface area is 103 Å². The molecule has 0 aliphatic carbocycles. The van der Waals surface area contributed by atoms with Crippen LogP contribution in [0.3, 0.4) is 0 Å². The Hall–Kier alpha value is -1.22. The molecular weight excluding hydrogens is 214 g/mol. The molecule has 1 heterocycles. The molecule has 1 fully saturated rings. The van der Waals surface area contributed by atoms with Gasteiger partial charge in [-0.1, -0.05) is 18.9 Å². The molecule has 94 valence electrons. The van der Waals surface area contributed by atoms with Crippen molar-refractivity contribution in [1.29, 1.82) is 0 Å². The van der Waals surface area contributed by atoms with E-state index < -0.39 is 0 Å². The Bertz CT molecular complexity index is 357. The second-order valence-corrected chi connectivity index (χ2v) is 4.76. The molecule has 3 nitrogen and oxygen atoms in total. The number of phenolic OH excluding ortho intramolecular Hbond substituents is 1. The van der Waals surface area contributed by atoms with Crippen LogP contribution < -0.4 is 10.1 Å². The van der Waals surface area contributed by atoms with Crippen molar-refractivity contribution in [3.05, 3.63) is 23.8 Å². The van der Waals surface area contributed by atoms with Crippen molar-refractivity contribution >= 4 is 0 Å². The van der Waals surface area contributed by atoms with Gasteiger partial charge < -0.3 is 15.2 Å². The minimum absolute atomic E-state index is 0.263. The third-order valence-corrected chi connectivity index (χ3v) is 3.27. The van der Waals surface area contributed by atoms with E-state index in [1.165, 1.54) is 25.7 Å². The minimum Gasteiger partial charge on any atom is -0.508 e. The third-order valence-electron chi connectivity index (χ3n) is 3.27. The third kappa shape index (κ3) is 3.63. The first-order valence-electron chi connectivity index (χ1n) is 6.41. The summed E-state index contributed by atoms with van der Waals surface area (Å²) in [4.78, 5) is 0. The molecule has 2 rings (SSSR count). The van der Waals surface area contributed by atoms with Crippen LogP contribution in [0.4, 0.5) is 0 Å². The number of ether oxygens (including phenoxy) is 1. The van der Waals surface area contributed by atoms with Gasteiger partial charge in [-0.25, -0.2) is 0 Å². The molecule has 1 aromatic carbocycles. The van der Waals surface area contributed by atoms with E-state index in [4.69, 9.17) is 4.74 Å². The van der Waals surface area contributed by atoms with Crippen LogP contribution >= 0.6 is 0 Å². The smallest absolute Gasteiger partial charge is 0.125 e.